The Balaban J connectivity index is 1.19. The quantitative estimate of drug-likeness (QED) is 0.423. The molecule has 0 radical (unpaired) electrons. The number of likely N-dealkylation sites (tertiary alicyclic amines) is 1. The number of amides is 2. The molecule has 11 nitrogen and oxygen atoms in total. The lowest BCUT2D eigenvalue weighted by atomic mass is 10.0. The summed E-state index contributed by atoms with van der Waals surface area (Å²) in [7, 11) is 0. The SMILES string of the molecule is N#CCC(C1CC1)n1cc(-c2ccnc(Nc3ccc(C(=O)NC4CCN(C(=O)O)CC4)cc3)n2)cn1. The summed E-state index contributed by atoms with van der Waals surface area (Å²) in [5, 5.41) is 28.9. The third kappa shape index (κ3) is 5.86. The van der Waals surface area contributed by atoms with Crippen LogP contribution in [0, 0.1) is 17.2 Å². The maximum absolute atomic E-state index is 12.6. The van der Waals surface area contributed by atoms with Gasteiger partial charge in [0.25, 0.3) is 5.91 Å². The number of anilines is 2. The van der Waals surface area contributed by atoms with Gasteiger partial charge < -0.3 is 20.6 Å². The van der Waals surface area contributed by atoms with Crippen molar-refractivity contribution in [3.8, 4) is 17.3 Å². The fourth-order valence-corrected chi connectivity index (χ4v) is 4.60. The van der Waals surface area contributed by atoms with Crippen LogP contribution < -0.4 is 10.6 Å². The van der Waals surface area contributed by atoms with Gasteiger partial charge in [0, 0.05) is 48.3 Å². The maximum atomic E-state index is 12.6. The van der Waals surface area contributed by atoms with Gasteiger partial charge >= 0.3 is 6.09 Å². The topological polar surface area (TPSA) is 149 Å². The fraction of sp³-hybridized carbons (Fsp3) is 0.385. The summed E-state index contributed by atoms with van der Waals surface area (Å²) in [6, 6.07) is 11.2. The van der Waals surface area contributed by atoms with Crippen LogP contribution in [0.4, 0.5) is 16.4 Å². The molecule has 1 aromatic carbocycles. The number of piperidine rings is 1. The Kier molecular flexibility index (Phi) is 6.98. The lowest BCUT2D eigenvalue weighted by Gasteiger charge is -2.30. The van der Waals surface area contributed by atoms with Gasteiger partial charge in [0.15, 0.2) is 0 Å². The van der Waals surface area contributed by atoms with Crippen LogP contribution in [-0.2, 0) is 0 Å². The highest BCUT2D eigenvalue weighted by molar-refractivity contribution is 5.94. The van der Waals surface area contributed by atoms with Gasteiger partial charge in [-0.05, 0) is 61.9 Å². The lowest BCUT2D eigenvalue weighted by molar-refractivity contribution is 0.0907. The molecule has 2 aliphatic rings. The number of rotatable bonds is 8. The molecule has 3 heterocycles. The molecule has 3 aromatic rings. The van der Waals surface area contributed by atoms with Crippen molar-refractivity contribution in [1.29, 1.82) is 5.26 Å². The molecule has 0 bridgehead atoms. The number of hydrogen-bond donors (Lipinski definition) is 3. The molecule has 3 N–H and O–H groups in total. The van der Waals surface area contributed by atoms with E-state index in [0.29, 0.717) is 49.8 Å². The van der Waals surface area contributed by atoms with E-state index < -0.39 is 6.09 Å². The number of carbonyl (C=O) groups is 2. The number of carboxylic acid groups (broad SMARTS) is 1. The van der Waals surface area contributed by atoms with E-state index in [1.807, 2.05) is 16.9 Å². The van der Waals surface area contributed by atoms with Crippen molar-refractivity contribution in [2.24, 2.45) is 5.92 Å². The second-order valence-electron chi connectivity index (χ2n) is 9.46. The molecule has 1 unspecified atom stereocenters. The lowest BCUT2D eigenvalue weighted by Crippen LogP contribution is -2.46. The average molecular weight is 501 g/mol. The maximum Gasteiger partial charge on any atom is 0.407 e. The highest BCUT2D eigenvalue weighted by Crippen LogP contribution is 2.41. The summed E-state index contributed by atoms with van der Waals surface area (Å²) < 4.78 is 1.88. The fourth-order valence-electron chi connectivity index (χ4n) is 4.60. The average Bonchev–Trinajstić information content (AvgIpc) is 3.63. The van der Waals surface area contributed by atoms with E-state index >= 15 is 0 Å². The van der Waals surface area contributed by atoms with Gasteiger partial charge in [-0.2, -0.15) is 10.4 Å². The van der Waals surface area contributed by atoms with Crippen LogP contribution in [0.5, 0.6) is 0 Å². The molecule has 1 saturated heterocycles. The predicted molar refractivity (Wildman–Crippen MR) is 135 cm³/mol. The minimum Gasteiger partial charge on any atom is -0.465 e. The van der Waals surface area contributed by atoms with Crippen molar-refractivity contribution in [2.75, 3.05) is 18.4 Å². The molecule has 5 rings (SSSR count). The second-order valence-corrected chi connectivity index (χ2v) is 9.46. The van der Waals surface area contributed by atoms with E-state index in [1.54, 1.807) is 36.7 Å². The molecule has 1 aliphatic carbocycles. The monoisotopic (exact) mass is 500 g/mol. The normalized spacial score (nSPS) is 16.6. The summed E-state index contributed by atoms with van der Waals surface area (Å²) in [5.74, 6) is 0.755. The first-order valence-electron chi connectivity index (χ1n) is 12.4. The molecule has 1 saturated carbocycles. The Morgan fingerprint density at radius 2 is 1.89 bits per heavy atom. The van der Waals surface area contributed by atoms with Crippen molar-refractivity contribution >= 4 is 23.6 Å². The Morgan fingerprint density at radius 1 is 1.14 bits per heavy atom. The van der Waals surface area contributed by atoms with E-state index in [-0.39, 0.29) is 18.0 Å². The highest BCUT2D eigenvalue weighted by atomic mass is 16.4. The summed E-state index contributed by atoms with van der Waals surface area (Å²) >= 11 is 0. The van der Waals surface area contributed by atoms with Crippen LogP contribution in [0.15, 0.2) is 48.9 Å². The third-order valence-electron chi connectivity index (χ3n) is 6.86. The molecule has 2 aromatic heterocycles. The van der Waals surface area contributed by atoms with Crippen molar-refractivity contribution in [3.05, 3.63) is 54.5 Å². The number of nitriles is 1. The van der Waals surface area contributed by atoms with E-state index in [9.17, 15) is 9.59 Å². The van der Waals surface area contributed by atoms with Gasteiger partial charge in [0.2, 0.25) is 5.95 Å². The number of hydrogen-bond acceptors (Lipinski definition) is 7. The third-order valence-corrected chi connectivity index (χ3v) is 6.86. The standard InChI is InChI=1S/C26H28N8O3/c27-11-7-23(17-1-2-17)34-16-19(15-29-34)22-8-12-28-25(32-22)31-20-5-3-18(4-6-20)24(35)30-21-9-13-33(14-10-21)26(36)37/h3-6,8,12,15-17,21,23H,1-2,7,9-10,13-14H2,(H,30,35)(H,36,37)(H,28,31,32). The van der Waals surface area contributed by atoms with Crippen LogP contribution in [0.2, 0.25) is 0 Å². The highest BCUT2D eigenvalue weighted by Gasteiger charge is 2.33. The zero-order valence-electron chi connectivity index (χ0n) is 20.2. The molecule has 37 heavy (non-hydrogen) atoms. The van der Waals surface area contributed by atoms with Gasteiger partial charge in [-0.15, -0.1) is 0 Å². The van der Waals surface area contributed by atoms with Crippen LogP contribution in [0.3, 0.4) is 0 Å². The van der Waals surface area contributed by atoms with E-state index in [4.69, 9.17) is 10.4 Å². The van der Waals surface area contributed by atoms with Crippen LogP contribution in [-0.4, -0.2) is 60.9 Å². The van der Waals surface area contributed by atoms with Gasteiger partial charge in [-0.1, -0.05) is 0 Å². The Labute approximate surface area is 214 Å². The summed E-state index contributed by atoms with van der Waals surface area (Å²) in [5.41, 5.74) is 2.84. The van der Waals surface area contributed by atoms with Gasteiger partial charge in [-0.25, -0.2) is 14.8 Å². The number of carbonyl (C=O) groups excluding carboxylic acids is 1. The number of benzene rings is 1. The van der Waals surface area contributed by atoms with Gasteiger partial charge in [0.1, 0.15) is 0 Å². The zero-order valence-corrected chi connectivity index (χ0v) is 20.2. The van der Waals surface area contributed by atoms with Gasteiger partial charge in [0.05, 0.1) is 30.4 Å². The summed E-state index contributed by atoms with van der Waals surface area (Å²) in [6.07, 6.45) is 8.37. The van der Waals surface area contributed by atoms with Gasteiger partial charge in [-0.3, -0.25) is 9.48 Å². The zero-order chi connectivity index (χ0) is 25.8. The molecular weight excluding hydrogens is 472 g/mol. The molecule has 2 amide bonds. The molecule has 1 atom stereocenters. The Morgan fingerprint density at radius 3 is 2.57 bits per heavy atom. The summed E-state index contributed by atoms with van der Waals surface area (Å²) in [6.45, 7) is 0.841. The van der Waals surface area contributed by atoms with E-state index in [0.717, 1.165) is 29.8 Å². The first-order chi connectivity index (χ1) is 18.0. The molecule has 0 spiro atoms. The minimum atomic E-state index is -0.921. The smallest absolute Gasteiger partial charge is 0.407 e. The molecule has 190 valence electrons. The molecule has 11 heteroatoms. The van der Waals surface area contributed by atoms with Crippen LogP contribution in [0.25, 0.3) is 11.3 Å². The Bertz CT molecular complexity index is 1300. The van der Waals surface area contributed by atoms with Crippen LogP contribution >= 0.6 is 0 Å². The molecular formula is C26H28N8O3. The van der Waals surface area contributed by atoms with Crippen LogP contribution in [0.1, 0.15) is 48.5 Å². The number of nitrogens with zero attached hydrogens (tertiary/aromatic N) is 6. The van der Waals surface area contributed by atoms with Crippen molar-refractivity contribution in [2.45, 2.75) is 44.2 Å². The Hall–Kier alpha value is -4.46. The minimum absolute atomic E-state index is 0.0409. The molecule has 1 aliphatic heterocycles. The molecule has 2 fully saturated rings. The second kappa shape index (κ2) is 10.7. The van der Waals surface area contributed by atoms with E-state index in [2.05, 4.69) is 31.8 Å². The first-order valence-corrected chi connectivity index (χ1v) is 12.4. The predicted octanol–water partition coefficient (Wildman–Crippen LogP) is 3.82. The van der Waals surface area contributed by atoms with Crippen molar-refractivity contribution < 1.29 is 14.7 Å². The van der Waals surface area contributed by atoms with E-state index in [1.165, 1.54) is 4.90 Å². The number of aromatic nitrogens is 4. The number of nitrogens with one attached hydrogen (secondary N) is 2. The first kappa shape index (κ1) is 24.2. The van der Waals surface area contributed by atoms with Crippen molar-refractivity contribution in [1.82, 2.24) is 30.0 Å². The van der Waals surface area contributed by atoms with Crippen molar-refractivity contribution in [3.63, 3.8) is 0 Å². The largest absolute Gasteiger partial charge is 0.465 e. The summed E-state index contributed by atoms with van der Waals surface area (Å²) in [4.78, 5) is 33.9.